The third kappa shape index (κ3) is 6.54. The molecule has 2 heterocycles. The van der Waals surface area contributed by atoms with Crippen LogP contribution in [0.4, 0.5) is 16.6 Å². The standard InChI is InChI=1S/C22H36N6O4/c1-8-11-12-13-28(21(30)32-22(4,5)6)20-24-18(26(7)9-2)17-19(25-20)27(15-23-17)14-16(29)31-10-3/h15H,8-14H2,1-7H3. The predicted molar refractivity (Wildman–Crippen MR) is 124 cm³/mol. The monoisotopic (exact) mass is 448 g/mol. The average molecular weight is 449 g/mol. The Kier molecular flexibility index (Phi) is 8.80. The van der Waals surface area contributed by atoms with E-state index in [9.17, 15) is 9.59 Å². The molecule has 0 saturated carbocycles. The second-order valence-electron chi connectivity index (χ2n) is 8.55. The Hall–Kier alpha value is -2.91. The van der Waals surface area contributed by atoms with Crippen molar-refractivity contribution in [2.45, 2.75) is 73.0 Å². The zero-order chi connectivity index (χ0) is 23.9. The summed E-state index contributed by atoms with van der Waals surface area (Å²) in [6.45, 7) is 12.7. The Morgan fingerprint density at radius 3 is 2.44 bits per heavy atom. The molecule has 0 aliphatic carbocycles. The molecule has 1 amide bonds. The van der Waals surface area contributed by atoms with Gasteiger partial charge in [-0.3, -0.25) is 4.79 Å². The molecular weight excluding hydrogens is 412 g/mol. The second-order valence-corrected chi connectivity index (χ2v) is 8.55. The number of hydrogen-bond donors (Lipinski definition) is 0. The van der Waals surface area contributed by atoms with Crippen LogP contribution in [0.5, 0.6) is 0 Å². The molecule has 2 rings (SSSR count). The highest BCUT2D eigenvalue weighted by Gasteiger charge is 2.27. The summed E-state index contributed by atoms with van der Waals surface area (Å²) in [4.78, 5) is 42.3. The lowest BCUT2D eigenvalue weighted by Gasteiger charge is -2.27. The maximum absolute atomic E-state index is 13.0. The molecule has 2 aromatic heterocycles. The number of amides is 1. The molecule has 0 unspecified atom stereocenters. The molecular formula is C22H36N6O4. The topological polar surface area (TPSA) is 103 Å². The van der Waals surface area contributed by atoms with Gasteiger partial charge in [-0.2, -0.15) is 9.97 Å². The number of imidazole rings is 1. The molecule has 0 aliphatic heterocycles. The van der Waals surface area contributed by atoms with Gasteiger partial charge in [0.2, 0.25) is 5.95 Å². The van der Waals surface area contributed by atoms with E-state index in [2.05, 4.69) is 21.9 Å². The summed E-state index contributed by atoms with van der Waals surface area (Å²) in [6, 6.07) is 0. The molecule has 2 aromatic rings. The minimum absolute atomic E-state index is 0.0294. The molecule has 0 aliphatic rings. The van der Waals surface area contributed by atoms with Gasteiger partial charge in [0, 0.05) is 20.1 Å². The third-order valence-electron chi connectivity index (χ3n) is 4.71. The number of carbonyl (C=O) groups is 2. The number of ether oxygens (including phenoxy) is 2. The number of fused-ring (bicyclic) bond motifs is 1. The van der Waals surface area contributed by atoms with Crippen LogP contribution in [-0.4, -0.2) is 63.9 Å². The van der Waals surface area contributed by atoms with Crippen molar-refractivity contribution < 1.29 is 19.1 Å². The van der Waals surface area contributed by atoms with E-state index in [0.717, 1.165) is 19.3 Å². The molecule has 10 heteroatoms. The van der Waals surface area contributed by atoms with Crippen molar-refractivity contribution in [1.29, 1.82) is 0 Å². The maximum atomic E-state index is 13.0. The fourth-order valence-electron chi connectivity index (χ4n) is 3.03. The fourth-order valence-corrected chi connectivity index (χ4v) is 3.03. The highest BCUT2D eigenvalue weighted by Crippen LogP contribution is 2.26. The van der Waals surface area contributed by atoms with Crippen molar-refractivity contribution in [3.8, 4) is 0 Å². The Balaban J connectivity index is 2.57. The molecule has 0 fully saturated rings. The van der Waals surface area contributed by atoms with Crippen molar-refractivity contribution in [2.24, 2.45) is 0 Å². The van der Waals surface area contributed by atoms with Crippen LogP contribution in [0.3, 0.4) is 0 Å². The van der Waals surface area contributed by atoms with Crippen molar-refractivity contribution in [3.05, 3.63) is 6.33 Å². The number of rotatable bonds is 10. The summed E-state index contributed by atoms with van der Waals surface area (Å²) in [7, 11) is 1.89. The minimum Gasteiger partial charge on any atom is -0.465 e. The van der Waals surface area contributed by atoms with E-state index in [0.29, 0.717) is 36.7 Å². The van der Waals surface area contributed by atoms with E-state index in [4.69, 9.17) is 9.47 Å². The van der Waals surface area contributed by atoms with E-state index in [1.165, 1.54) is 4.90 Å². The summed E-state index contributed by atoms with van der Waals surface area (Å²) in [5.74, 6) is 0.423. The van der Waals surface area contributed by atoms with E-state index in [-0.39, 0.29) is 18.5 Å². The van der Waals surface area contributed by atoms with Gasteiger partial charge in [-0.15, -0.1) is 0 Å². The van der Waals surface area contributed by atoms with Crippen LogP contribution in [0.1, 0.15) is 60.8 Å². The van der Waals surface area contributed by atoms with Crippen LogP contribution < -0.4 is 9.80 Å². The number of nitrogens with zero attached hydrogens (tertiary/aromatic N) is 6. The van der Waals surface area contributed by atoms with Crippen LogP contribution in [0.15, 0.2) is 6.33 Å². The molecule has 0 aromatic carbocycles. The maximum Gasteiger partial charge on any atom is 0.417 e. The molecule has 0 atom stereocenters. The average Bonchev–Trinajstić information content (AvgIpc) is 3.11. The van der Waals surface area contributed by atoms with Gasteiger partial charge in [0.1, 0.15) is 12.1 Å². The number of hydrogen-bond acceptors (Lipinski definition) is 8. The number of unbranched alkanes of at least 4 members (excludes halogenated alkanes) is 2. The van der Waals surface area contributed by atoms with E-state index < -0.39 is 11.7 Å². The minimum atomic E-state index is -0.654. The van der Waals surface area contributed by atoms with Crippen molar-refractivity contribution in [2.75, 3.05) is 36.5 Å². The Labute approximate surface area is 189 Å². The van der Waals surface area contributed by atoms with Gasteiger partial charge in [-0.25, -0.2) is 14.7 Å². The number of carbonyl (C=O) groups excluding carboxylic acids is 2. The van der Waals surface area contributed by atoms with E-state index in [1.807, 2.05) is 39.6 Å². The molecule has 0 bridgehead atoms. The quantitative estimate of drug-likeness (QED) is 0.400. The number of esters is 1. The second kappa shape index (κ2) is 11.1. The predicted octanol–water partition coefficient (Wildman–Crippen LogP) is 3.78. The first-order valence-electron chi connectivity index (χ1n) is 11.2. The lowest BCUT2D eigenvalue weighted by Crippen LogP contribution is -2.39. The highest BCUT2D eigenvalue weighted by atomic mass is 16.6. The first-order valence-corrected chi connectivity index (χ1v) is 11.2. The summed E-state index contributed by atoms with van der Waals surface area (Å²) >= 11 is 0. The summed E-state index contributed by atoms with van der Waals surface area (Å²) in [5.41, 5.74) is 0.362. The lowest BCUT2D eigenvalue weighted by atomic mass is 10.2. The van der Waals surface area contributed by atoms with Gasteiger partial charge in [-0.1, -0.05) is 19.8 Å². The fraction of sp³-hybridized carbons (Fsp3) is 0.682. The number of anilines is 2. The first kappa shape index (κ1) is 25.4. The van der Waals surface area contributed by atoms with E-state index >= 15 is 0 Å². The smallest absolute Gasteiger partial charge is 0.417 e. The van der Waals surface area contributed by atoms with Crippen LogP contribution in [0.25, 0.3) is 11.2 Å². The van der Waals surface area contributed by atoms with Crippen LogP contribution in [-0.2, 0) is 20.8 Å². The zero-order valence-electron chi connectivity index (χ0n) is 20.3. The SMILES string of the molecule is CCCCCN(C(=O)OC(C)(C)C)c1nc(N(C)CC)c2ncn(CC(=O)OCC)c2n1. The highest BCUT2D eigenvalue weighted by molar-refractivity contribution is 5.90. The Morgan fingerprint density at radius 2 is 1.84 bits per heavy atom. The molecule has 32 heavy (non-hydrogen) atoms. The molecule has 0 radical (unpaired) electrons. The van der Waals surface area contributed by atoms with E-state index in [1.54, 1.807) is 17.8 Å². The van der Waals surface area contributed by atoms with Crippen LogP contribution >= 0.6 is 0 Å². The molecule has 10 nitrogen and oxygen atoms in total. The van der Waals surface area contributed by atoms with Gasteiger partial charge >= 0.3 is 12.1 Å². The Bertz CT molecular complexity index is 921. The van der Waals surface area contributed by atoms with Crippen molar-refractivity contribution in [3.63, 3.8) is 0 Å². The summed E-state index contributed by atoms with van der Waals surface area (Å²) in [5, 5.41) is 0. The first-order chi connectivity index (χ1) is 15.1. The molecule has 0 N–H and O–H groups in total. The molecule has 178 valence electrons. The summed E-state index contributed by atoms with van der Waals surface area (Å²) < 4.78 is 12.3. The van der Waals surface area contributed by atoms with Gasteiger partial charge < -0.3 is 18.9 Å². The molecule has 0 spiro atoms. The zero-order valence-corrected chi connectivity index (χ0v) is 20.3. The number of aromatic nitrogens is 4. The van der Waals surface area contributed by atoms with Crippen molar-refractivity contribution >= 4 is 35.0 Å². The normalized spacial score (nSPS) is 11.5. The largest absolute Gasteiger partial charge is 0.465 e. The van der Waals surface area contributed by atoms with Crippen LogP contribution in [0, 0.1) is 0 Å². The lowest BCUT2D eigenvalue weighted by molar-refractivity contribution is -0.143. The van der Waals surface area contributed by atoms with Crippen LogP contribution in [0.2, 0.25) is 0 Å². The van der Waals surface area contributed by atoms with Crippen molar-refractivity contribution in [1.82, 2.24) is 19.5 Å². The van der Waals surface area contributed by atoms with Gasteiger partial charge in [0.25, 0.3) is 0 Å². The molecule has 0 saturated heterocycles. The Morgan fingerprint density at radius 1 is 1.12 bits per heavy atom. The summed E-state index contributed by atoms with van der Waals surface area (Å²) in [6.07, 6.45) is 3.80. The van der Waals surface area contributed by atoms with Gasteiger partial charge in [0.05, 0.1) is 12.9 Å². The third-order valence-corrected chi connectivity index (χ3v) is 4.71. The van der Waals surface area contributed by atoms with Gasteiger partial charge in [0.15, 0.2) is 17.0 Å². The van der Waals surface area contributed by atoms with Gasteiger partial charge in [-0.05, 0) is 41.0 Å².